The quantitative estimate of drug-likeness (QED) is 0.742. The average molecular weight is 289 g/mol. The van der Waals surface area contributed by atoms with Crippen molar-refractivity contribution in [2.45, 2.75) is 51.5 Å². The van der Waals surface area contributed by atoms with Crippen LogP contribution in [-0.4, -0.2) is 32.7 Å². The van der Waals surface area contributed by atoms with Gasteiger partial charge < -0.3 is 15.5 Å². The number of anilines is 2. The third-order valence-corrected chi connectivity index (χ3v) is 4.63. The number of hydrogen-bond donors (Lipinski definition) is 1. The molecule has 0 saturated carbocycles. The first-order chi connectivity index (χ1) is 10.3. The summed E-state index contributed by atoms with van der Waals surface area (Å²) in [5, 5.41) is 0. The lowest BCUT2D eigenvalue weighted by Gasteiger charge is -2.41. The topological polar surface area (TPSA) is 32.5 Å². The summed E-state index contributed by atoms with van der Waals surface area (Å²) >= 11 is 0. The van der Waals surface area contributed by atoms with Gasteiger partial charge in [-0.2, -0.15) is 0 Å². The molecule has 0 amide bonds. The van der Waals surface area contributed by atoms with Crippen molar-refractivity contribution in [2.75, 3.05) is 36.5 Å². The lowest BCUT2D eigenvalue weighted by Crippen LogP contribution is -2.47. The van der Waals surface area contributed by atoms with E-state index in [2.05, 4.69) is 48.0 Å². The van der Waals surface area contributed by atoms with Gasteiger partial charge in [-0.3, -0.25) is 0 Å². The molecule has 0 aromatic heterocycles. The van der Waals surface area contributed by atoms with E-state index in [1.54, 1.807) is 0 Å². The first-order valence-electron chi connectivity index (χ1n) is 8.54. The predicted molar refractivity (Wildman–Crippen MR) is 93.3 cm³/mol. The van der Waals surface area contributed by atoms with Crippen LogP contribution in [0.4, 0.5) is 11.4 Å². The first kappa shape index (κ1) is 16.2. The van der Waals surface area contributed by atoms with E-state index in [9.17, 15) is 0 Å². The lowest BCUT2D eigenvalue weighted by molar-refractivity contribution is 0.506. The van der Waals surface area contributed by atoms with Crippen LogP contribution in [0.2, 0.25) is 0 Å². The zero-order chi connectivity index (χ0) is 15.1. The third-order valence-electron chi connectivity index (χ3n) is 4.63. The Morgan fingerprint density at radius 1 is 1.05 bits per heavy atom. The van der Waals surface area contributed by atoms with Crippen LogP contribution in [0.25, 0.3) is 0 Å². The molecule has 0 saturated heterocycles. The second-order valence-electron chi connectivity index (χ2n) is 6.20. The maximum Gasteiger partial charge on any atom is 0.0607 e. The average Bonchev–Trinajstić information content (AvgIpc) is 2.52. The van der Waals surface area contributed by atoms with Crippen molar-refractivity contribution in [3.8, 4) is 0 Å². The van der Waals surface area contributed by atoms with Crippen molar-refractivity contribution in [3.63, 3.8) is 0 Å². The molecule has 1 unspecified atom stereocenters. The van der Waals surface area contributed by atoms with Crippen molar-refractivity contribution in [2.24, 2.45) is 5.73 Å². The van der Waals surface area contributed by atoms with Gasteiger partial charge in [-0.05, 0) is 18.6 Å². The molecule has 0 spiro atoms. The van der Waals surface area contributed by atoms with Gasteiger partial charge in [0.1, 0.15) is 0 Å². The molecular weight excluding hydrogens is 258 g/mol. The van der Waals surface area contributed by atoms with E-state index in [4.69, 9.17) is 5.73 Å². The summed E-state index contributed by atoms with van der Waals surface area (Å²) in [6.07, 6.45) is 7.91. The van der Waals surface area contributed by atoms with Crippen LogP contribution >= 0.6 is 0 Å². The molecule has 0 aliphatic carbocycles. The van der Waals surface area contributed by atoms with Crippen molar-refractivity contribution >= 4 is 11.4 Å². The lowest BCUT2D eigenvalue weighted by atomic mass is 10.0. The molecule has 1 atom stereocenters. The summed E-state index contributed by atoms with van der Waals surface area (Å²) in [7, 11) is 2.18. The van der Waals surface area contributed by atoms with Crippen LogP contribution in [0.15, 0.2) is 24.3 Å². The van der Waals surface area contributed by atoms with Gasteiger partial charge in [0.25, 0.3) is 0 Å². The van der Waals surface area contributed by atoms with Crippen LogP contribution in [0, 0.1) is 0 Å². The monoisotopic (exact) mass is 289 g/mol. The van der Waals surface area contributed by atoms with E-state index in [0.717, 1.165) is 19.6 Å². The number of para-hydroxylation sites is 2. The minimum Gasteiger partial charge on any atom is -0.371 e. The molecule has 1 aliphatic heterocycles. The SMILES string of the molecule is CCCCCCCC(CN)N1CCN(C)c2ccccc21. The maximum atomic E-state index is 6.08. The maximum absolute atomic E-state index is 6.08. The standard InChI is InChI=1S/C18H31N3/c1-3-4-5-6-7-10-16(15-19)21-14-13-20(2)17-11-8-9-12-18(17)21/h8-9,11-12,16H,3-7,10,13-15,19H2,1-2H3. The van der Waals surface area contributed by atoms with Gasteiger partial charge in [-0.25, -0.2) is 0 Å². The highest BCUT2D eigenvalue weighted by molar-refractivity contribution is 5.73. The van der Waals surface area contributed by atoms with Gasteiger partial charge in [0, 0.05) is 32.7 Å². The van der Waals surface area contributed by atoms with E-state index in [1.807, 2.05) is 0 Å². The number of benzene rings is 1. The number of fused-ring (bicyclic) bond motifs is 1. The smallest absolute Gasteiger partial charge is 0.0607 e. The molecule has 118 valence electrons. The zero-order valence-electron chi connectivity index (χ0n) is 13.7. The minimum absolute atomic E-state index is 0.487. The Morgan fingerprint density at radius 2 is 1.76 bits per heavy atom. The summed E-state index contributed by atoms with van der Waals surface area (Å²) in [5.74, 6) is 0. The second-order valence-corrected chi connectivity index (χ2v) is 6.20. The van der Waals surface area contributed by atoms with Gasteiger partial charge in [0.05, 0.1) is 11.4 Å². The molecule has 1 aromatic rings. The number of likely N-dealkylation sites (N-methyl/N-ethyl adjacent to an activating group) is 1. The van der Waals surface area contributed by atoms with Crippen molar-refractivity contribution < 1.29 is 0 Å². The summed E-state index contributed by atoms with van der Waals surface area (Å²) < 4.78 is 0. The Morgan fingerprint density at radius 3 is 2.48 bits per heavy atom. The summed E-state index contributed by atoms with van der Waals surface area (Å²) in [6, 6.07) is 9.21. The van der Waals surface area contributed by atoms with Gasteiger partial charge >= 0.3 is 0 Å². The Labute approximate surface area is 130 Å². The molecule has 21 heavy (non-hydrogen) atoms. The van der Waals surface area contributed by atoms with Gasteiger partial charge in [-0.15, -0.1) is 0 Å². The fourth-order valence-corrected chi connectivity index (χ4v) is 3.29. The largest absolute Gasteiger partial charge is 0.371 e. The van der Waals surface area contributed by atoms with E-state index in [-0.39, 0.29) is 0 Å². The predicted octanol–water partition coefficient (Wildman–Crippen LogP) is 3.63. The van der Waals surface area contributed by atoms with Crippen LogP contribution in [0.3, 0.4) is 0 Å². The van der Waals surface area contributed by atoms with E-state index >= 15 is 0 Å². The van der Waals surface area contributed by atoms with Crippen LogP contribution in [0.1, 0.15) is 45.4 Å². The third kappa shape index (κ3) is 4.13. The highest BCUT2D eigenvalue weighted by atomic mass is 15.3. The fourth-order valence-electron chi connectivity index (χ4n) is 3.29. The summed E-state index contributed by atoms with van der Waals surface area (Å²) in [4.78, 5) is 4.88. The number of unbranched alkanes of at least 4 members (excludes halogenated alkanes) is 4. The minimum atomic E-state index is 0.487. The molecule has 1 heterocycles. The summed E-state index contributed by atoms with van der Waals surface area (Å²) in [6.45, 7) is 5.20. The van der Waals surface area contributed by atoms with Crippen LogP contribution in [-0.2, 0) is 0 Å². The van der Waals surface area contributed by atoms with E-state index in [1.165, 1.54) is 49.9 Å². The van der Waals surface area contributed by atoms with Crippen molar-refractivity contribution in [1.29, 1.82) is 0 Å². The van der Waals surface area contributed by atoms with Crippen molar-refractivity contribution in [3.05, 3.63) is 24.3 Å². The Bertz CT molecular complexity index is 419. The van der Waals surface area contributed by atoms with Gasteiger partial charge in [-0.1, -0.05) is 51.2 Å². The van der Waals surface area contributed by atoms with E-state index < -0.39 is 0 Å². The number of rotatable bonds is 8. The van der Waals surface area contributed by atoms with Crippen LogP contribution in [0.5, 0.6) is 0 Å². The number of hydrogen-bond acceptors (Lipinski definition) is 3. The Kier molecular flexibility index (Phi) is 6.37. The van der Waals surface area contributed by atoms with Crippen LogP contribution < -0.4 is 15.5 Å². The molecule has 1 aromatic carbocycles. The second kappa shape index (κ2) is 8.28. The molecular formula is C18H31N3. The van der Waals surface area contributed by atoms with E-state index in [0.29, 0.717) is 6.04 Å². The molecule has 0 fully saturated rings. The molecule has 3 heteroatoms. The number of nitrogens with two attached hydrogens (primary N) is 1. The highest BCUT2D eigenvalue weighted by Crippen LogP contribution is 2.33. The Balaban J connectivity index is 1.97. The highest BCUT2D eigenvalue weighted by Gasteiger charge is 2.24. The van der Waals surface area contributed by atoms with Gasteiger partial charge in [0.2, 0.25) is 0 Å². The van der Waals surface area contributed by atoms with Crippen molar-refractivity contribution in [1.82, 2.24) is 0 Å². The number of nitrogens with zero attached hydrogens (tertiary/aromatic N) is 2. The summed E-state index contributed by atoms with van der Waals surface area (Å²) in [5.41, 5.74) is 8.78. The zero-order valence-corrected chi connectivity index (χ0v) is 13.7. The Hall–Kier alpha value is -1.22. The molecule has 1 aliphatic rings. The molecule has 2 N–H and O–H groups in total. The normalized spacial score (nSPS) is 16.0. The van der Waals surface area contributed by atoms with Gasteiger partial charge in [0.15, 0.2) is 0 Å². The fraction of sp³-hybridized carbons (Fsp3) is 0.667. The molecule has 0 bridgehead atoms. The first-order valence-corrected chi connectivity index (χ1v) is 8.54. The molecule has 3 nitrogen and oxygen atoms in total. The molecule has 2 rings (SSSR count). The molecule has 0 radical (unpaired) electrons.